The molecule has 0 aliphatic carbocycles. The molecule has 0 spiro atoms. The summed E-state index contributed by atoms with van der Waals surface area (Å²) in [5.74, 6) is 0.953. The van der Waals surface area contributed by atoms with Gasteiger partial charge in [0, 0.05) is 31.2 Å². The molecule has 0 radical (unpaired) electrons. The van der Waals surface area contributed by atoms with Gasteiger partial charge in [-0.1, -0.05) is 19.1 Å². The summed E-state index contributed by atoms with van der Waals surface area (Å²) < 4.78 is 5.29. The second-order valence-electron chi connectivity index (χ2n) is 6.22. The molecule has 1 N–H and O–H groups in total. The van der Waals surface area contributed by atoms with Crippen molar-refractivity contribution in [3.8, 4) is 5.75 Å². The summed E-state index contributed by atoms with van der Waals surface area (Å²) in [6.07, 6.45) is 2.26. The van der Waals surface area contributed by atoms with Crippen LogP contribution in [0.1, 0.15) is 32.8 Å². The van der Waals surface area contributed by atoms with E-state index in [1.54, 1.807) is 7.11 Å². The van der Waals surface area contributed by atoms with Crippen LogP contribution in [-0.2, 0) is 6.42 Å². The predicted molar refractivity (Wildman–Crippen MR) is 84.4 cm³/mol. The molecule has 2 atom stereocenters. The minimum Gasteiger partial charge on any atom is -0.497 e. The molecule has 0 amide bonds. The maximum Gasteiger partial charge on any atom is 0.119 e. The van der Waals surface area contributed by atoms with Gasteiger partial charge in [-0.3, -0.25) is 4.90 Å². The summed E-state index contributed by atoms with van der Waals surface area (Å²) in [5.41, 5.74) is 1.62. The maximum atomic E-state index is 5.29. The van der Waals surface area contributed by atoms with Gasteiger partial charge < -0.3 is 10.1 Å². The molecule has 3 heteroatoms. The van der Waals surface area contributed by atoms with E-state index in [0.717, 1.165) is 31.8 Å². The Kier molecular flexibility index (Phi) is 5.06. The zero-order valence-corrected chi connectivity index (χ0v) is 13.3. The standard InChI is InChI=1S/C17H28N2O/c1-5-17(3)13-19(14(2)12-18-17)10-9-15-7-6-8-16(11-15)20-4/h6-8,11,14,18H,5,9-10,12-13H2,1-4H3. The number of hydrogen-bond donors (Lipinski definition) is 1. The van der Waals surface area contributed by atoms with Gasteiger partial charge in [0.05, 0.1) is 7.11 Å². The average molecular weight is 276 g/mol. The average Bonchev–Trinajstić information content (AvgIpc) is 2.48. The third-order valence-electron chi connectivity index (χ3n) is 4.60. The normalized spacial score (nSPS) is 27.5. The van der Waals surface area contributed by atoms with Gasteiger partial charge in [-0.2, -0.15) is 0 Å². The third kappa shape index (κ3) is 3.74. The van der Waals surface area contributed by atoms with Crippen molar-refractivity contribution < 1.29 is 4.74 Å². The van der Waals surface area contributed by atoms with Gasteiger partial charge in [0.1, 0.15) is 5.75 Å². The van der Waals surface area contributed by atoms with Crippen LogP contribution in [0.3, 0.4) is 0 Å². The van der Waals surface area contributed by atoms with Gasteiger partial charge >= 0.3 is 0 Å². The fourth-order valence-electron chi connectivity index (χ4n) is 2.82. The van der Waals surface area contributed by atoms with Crippen molar-refractivity contribution >= 4 is 0 Å². The Labute approximate surface area is 123 Å². The zero-order valence-electron chi connectivity index (χ0n) is 13.3. The summed E-state index contributed by atoms with van der Waals surface area (Å²) in [6, 6.07) is 9.02. The van der Waals surface area contributed by atoms with Crippen molar-refractivity contribution in [2.24, 2.45) is 0 Å². The Hall–Kier alpha value is -1.06. The van der Waals surface area contributed by atoms with Gasteiger partial charge in [-0.25, -0.2) is 0 Å². The first-order chi connectivity index (χ1) is 9.56. The molecule has 1 fully saturated rings. The monoisotopic (exact) mass is 276 g/mol. The van der Waals surface area contributed by atoms with E-state index in [2.05, 4.69) is 49.2 Å². The van der Waals surface area contributed by atoms with Gasteiger partial charge in [0.2, 0.25) is 0 Å². The van der Waals surface area contributed by atoms with Crippen molar-refractivity contribution in [2.45, 2.75) is 45.2 Å². The van der Waals surface area contributed by atoms with Crippen LogP contribution in [0.2, 0.25) is 0 Å². The lowest BCUT2D eigenvalue weighted by atomic mass is 9.93. The molecule has 20 heavy (non-hydrogen) atoms. The highest BCUT2D eigenvalue weighted by Crippen LogP contribution is 2.20. The van der Waals surface area contributed by atoms with Crippen LogP contribution in [0.25, 0.3) is 0 Å². The molecule has 1 aromatic rings. The minimum atomic E-state index is 0.265. The molecule has 1 saturated heterocycles. The predicted octanol–water partition coefficient (Wildman–Crippen LogP) is 2.70. The molecule has 0 saturated carbocycles. The summed E-state index contributed by atoms with van der Waals surface area (Å²) in [5, 5.41) is 3.68. The van der Waals surface area contributed by atoms with E-state index >= 15 is 0 Å². The number of benzene rings is 1. The smallest absolute Gasteiger partial charge is 0.119 e. The van der Waals surface area contributed by atoms with Gasteiger partial charge in [0.15, 0.2) is 0 Å². The lowest BCUT2D eigenvalue weighted by molar-refractivity contribution is 0.0944. The Morgan fingerprint density at radius 3 is 2.95 bits per heavy atom. The number of methoxy groups -OCH3 is 1. The SMILES string of the molecule is CCC1(C)CN(CCc2cccc(OC)c2)C(C)CN1. The molecule has 0 bridgehead atoms. The van der Waals surface area contributed by atoms with Crippen LogP contribution in [0.5, 0.6) is 5.75 Å². The third-order valence-corrected chi connectivity index (χ3v) is 4.60. The molecular formula is C17H28N2O. The number of piperazine rings is 1. The van der Waals surface area contributed by atoms with Gasteiger partial charge in [-0.05, 0) is 44.4 Å². The van der Waals surface area contributed by atoms with E-state index in [-0.39, 0.29) is 5.54 Å². The second kappa shape index (κ2) is 6.59. The van der Waals surface area contributed by atoms with E-state index in [4.69, 9.17) is 4.74 Å². The van der Waals surface area contributed by atoms with Crippen LogP contribution in [0, 0.1) is 0 Å². The molecule has 2 unspecified atom stereocenters. The Morgan fingerprint density at radius 1 is 1.45 bits per heavy atom. The molecule has 1 aliphatic heterocycles. The summed E-state index contributed by atoms with van der Waals surface area (Å²) in [7, 11) is 1.73. The van der Waals surface area contributed by atoms with Crippen LogP contribution < -0.4 is 10.1 Å². The highest BCUT2D eigenvalue weighted by atomic mass is 16.5. The molecular weight excluding hydrogens is 248 g/mol. The molecule has 1 aromatic carbocycles. The summed E-state index contributed by atoms with van der Waals surface area (Å²) >= 11 is 0. The number of nitrogens with one attached hydrogen (secondary N) is 1. The molecule has 1 heterocycles. The fraction of sp³-hybridized carbons (Fsp3) is 0.647. The highest BCUT2D eigenvalue weighted by molar-refractivity contribution is 5.28. The topological polar surface area (TPSA) is 24.5 Å². The Bertz CT molecular complexity index is 435. The van der Waals surface area contributed by atoms with E-state index < -0.39 is 0 Å². The second-order valence-corrected chi connectivity index (χ2v) is 6.22. The van der Waals surface area contributed by atoms with Crippen LogP contribution in [0.15, 0.2) is 24.3 Å². The van der Waals surface area contributed by atoms with Crippen LogP contribution in [-0.4, -0.2) is 43.2 Å². The van der Waals surface area contributed by atoms with Gasteiger partial charge in [0.25, 0.3) is 0 Å². The number of ether oxygens (including phenoxy) is 1. The largest absolute Gasteiger partial charge is 0.497 e. The summed E-state index contributed by atoms with van der Waals surface area (Å²) in [4.78, 5) is 2.61. The number of rotatable bonds is 5. The Morgan fingerprint density at radius 2 is 2.25 bits per heavy atom. The van der Waals surface area contributed by atoms with Crippen molar-refractivity contribution in [1.82, 2.24) is 10.2 Å². The lowest BCUT2D eigenvalue weighted by Crippen LogP contribution is -2.62. The summed E-state index contributed by atoms with van der Waals surface area (Å²) in [6.45, 7) is 10.2. The van der Waals surface area contributed by atoms with Crippen molar-refractivity contribution in [1.29, 1.82) is 0 Å². The zero-order chi connectivity index (χ0) is 14.6. The number of hydrogen-bond acceptors (Lipinski definition) is 3. The first-order valence-corrected chi connectivity index (χ1v) is 7.68. The van der Waals surface area contributed by atoms with Gasteiger partial charge in [-0.15, -0.1) is 0 Å². The minimum absolute atomic E-state index is 0.265. The highest BCUT2D eigenvalue weighted by Gasteiger charge is 2.32. The van der Waals surface area contributed by atoms with Crippen LogP contribution in [0.4, 0.5) is 0 Å². The van der Waals surface area contributed by atoms with Crippen molar-refractivity contribution in [3.63, 3.8) is 0 Å². The first kappa shape index (κ1) is 15.3. The van der Waals surface area contributed by atoms with E-state index in [1.807, 2.05) is 6.07 Å². The van der Waals surface area contributed by atoms with Crippen molar-refractivity contribution in [3.05, 3.63) is 29.8 Å². The Balaban J connectivity index is 1.94. The van der Waals surface area contributed by atoms with Crippen molar-refractivity contribution in [2.75, 3.05) is 26.7 Å². The van der Waals surface area contributed by atoms with E-state index in [0.29, 0.717) is 6.04 Å². The molecule has 112 valence electrons. The molecule has 0 aromatic heterocycles. The van der Waals surface area contributed by atoms with Crippen LogP contribution >= 0.6 is 0 Å². The fourth-order valence-corrected chi connectivity index (χ4v) is 2.82. The first-order valence-electron chi connectivity index (χ1n) is 7.68. The molecule has 2 rings (SSSR count). The maximum absolute atomic E-state index is 5.29. The molecule has 3 nitrogen and oxygen atoms in total. The quantitative estimate of drug-likeness (QED) is 0.895. The van der Waals surface area contributed by atoms with E-state index in [9.17, 15) is 0 Å². The number of nitrogens with zero attached hydrogens (tertiary/aromatic N) is 1. The van der Waals surface area contributed by atoms with E-state index in [1.165, 1.54) is 12.0 Å². The lowest BCUT2D eigenvalue weighted by Gasteiger charge is -2.45. The molecule has 1 aliphatic rings.